The summed E-state index contributed by atoms with van der Waals surface area (Å²) in [4.78, 5) is 15.6. The summed E-state index contributed by atoms with van der Waals surface area (Å²) in [7, 11) is 0. The molecule has 1 saturated carbocycles. The maximum absolute atomic E-state index is 11.2. The summed E-state index contributed by atoms with van der Waals surface area (Å²) in [5, 5.41) is 19.1. The van der Waals surface area contributed by atoms with Crippen LogP contribution in [-0.2, 0) is 4.79 Å². The van der Waals surface area contributed by atoms with Crippen LogP contribution in [0.2, 0.25) is 5.02 Å². The first-order valence-corrected chi connectivity index (χ1v) is 7.77. The second-order valence-electron chi connectivity index (χ2n) is 6.16. The molecule has 0 bridgehead atoms. The highest BCUT2D eigenvalue weighted by molar-refractivity contribution is 6.30. The minimum absolute atomic E-state index is 0.332. The molecule has 0 amide bonds. The molecule has 3 N–H and O–H groups in total. The van der Waals surface area contributed by atoms with Crippen LogP contribution < -0.4 is 5.48 Å². The van der Waals surface area contributed by atoms with E-state index >= 15 is 0 Å². The maximum Gasteiger partial charge on any atom is 0.309 e. The zero-order valence-electron chi connectivity index (χ0n) is 12.6. The fourth-order valence-electron chi connectivity index (χ4n) is 2.79. The van der Waals surface area contributed by atoms with Gasteiger partial charge in [-0.05, 0) is 62.8 Å². The van der Waals surface area contributed by atoms with E-state index in [4.69, 9.17) is 11.6 Å². The number of carbonyl (C=O) groups is 1. The lowest BCUT2D eigenvalue weighted by Crippen LogP contribution is -2.34. The molecule has 0 aromatic heterocycles. The Hall–Kier alpha value is -1.59. The largest absolute Gasteiger partial charge is 0.481 e. The number of carboxylic acids is 1. The normalized spacial score (nSPS) is 25.8. The van der Waals surface area contributed by atoms with Crippen molar-refractivity contribution in [2.24, 2.45) is 16.3 Å². The Morgan fingerprint density at radius 3 is 2.45 bits per heavy atom. The Bertz CT molecular complexity index is 549. The number of benzene rings is 1. The number of hydrogen-bond acceptors (Lipinski definition) is 3. The Kier molecular flexibility index (Phi) is 5.42. The Morgan fingerprint density at radius 1 is 1.36 bits per heavy atom. The van der Waals surface area contributed by atoms with Crippen molar-refractivity contribution in [3.63, 3.8) is 0 Å². The van der Waals surface area contributed by atoms with Crippen molar-refractivity contribution in [1.82, 2.24) is 5.48 Å². The molecule has 1 aromatic rings. The van der Waals surface area contributed by atoms with Crippen LogP contribution in [0.15, 0.2) is 29.3 Å². The van der Waals surface area contributed by atoms with Crippen molar-refractivity contribution in [2.75, 3.05) is 0 Å². The van der Waals surface area contributed by atoms with Crippen LogP contribution in [0.5, 0.6) is 0 Å². The smallest absolute Gasteiger partial charge is 0.309 e. The van der Waals surface area contributed by atoms with Gasteiger partial charge in [0.1, 0.15) is 5.84 Å². The molecule has 1 aromatic carbocycles. The summed E-state index contributed by atoms with van der Waals surface area (Å²) in [5.74, 6) is 0.102. The molecular formula is C16H21ClN2O3. The van der Waals surface area contributed by atoms with Crippen molar-refractivity contribution in [3.05, 3.63) is 29.3 Å². The zero-order chi connectivity index (χ0) is 16.2. The topological polar surface area (TPSA) is 81.9 Å². The Morgan fingerprint density at radius 2 is 1.95 bits per heavy atom. The van der Waals surface area contributed by atoms with E-state index in [0.29, 0.717) is 41.7 Å². The fourth-order valence-corrected chi connectivity index (χ4v) is 2.92. The first kappa shape index (κ1) is 16.8. The first-order valence-electron chi connectivity index (χ1n) is 7.39. The van der Waals surface area contributed by atoms with Crippen LogP contribution in [0.1, 0.15) is 39.0 Å². The Balaban J connectivity index is 1.97. The average molecular weight is 325 g/mol. The van der Waals surface area contributed by atoms with Crippen LogP contribution in [0.25, 0.3) is 0 Å². The van der Waals surface area contributed by atoms with Gasteiger partial charge in [0.25, 0.3) is 0 Å². The molecule has 0 atom stereocenters. The van der Waals surface area contributed by atoms with Crippen molar-refractivity contribution in [3.8, 4) is 0 Å². The summed E-state index contributed by atoms with van der Waals surface area (Å²) >= 11 is 5.83. The summed E-state index contributed by atoms with van der Waals surface area (Å²) in [5.41, 5.74) is 2.26. The van der Waals surface area contributed by atoms with E-state index in [0.717, 1.165) is 12.8 Å². The van der Waals surface area contributed by atoms with Crippen LogP contribution in [0, 0.1) is 11.3 Å². The highest BCUT2D eigenvalue weighted by Gasteiger charge is 2.37. The number of nitrogens with one attached hydrogen (secondary N) is 1. The van der Waals surface area contributed by atoms with E-state index in [2.05, 4.69) is 10.5 Å². The first-order chi connectivity index (χ1) is 10.4. The monoisotopic (exact) mass is 324 g/mol. The zero-order valence-corrected chi connectivity index (χ0v) is 13.3. The van der Waals surface area contributed by atoms with Crippen molar-refractivity contribution in [2.45, 2.75) is 39.0 Å². The molecule has 0 aliphatic heterocycles. The molecule has 0 spiro atoms. The predicted octanol–water partition coefficient (Wildman–Crippen LogP) is 4.02. The summed E-state index contributed by atoms with van der Waals surface area (Å²) < 4.78 is 0. The van der Waals surface area contributed by atoms with Crippen molar-refractivity contribution >= 4 is 29.1 Å². The van der Waals surface area contributed by atoms with Gasteiger partial charge in [-0.25, -0.2) is 4.99 Å². The third-order valence-corrected chi connectivity index (χ3v) is 4.68. The van der Waals surface area contributed by atoms with Crippen LogP contribution in [-0.4, -0.2) is 22.1 Å². The lowest BCUT2D eigenvalue weighted by atomic mass is 9.71. The number of rotatable bonds is 4. The molecule has 5 nitrogen and oxygen atoms in total. The van der Waals surface area contributed by atoms with E-state index in [9.17, 15) is 15.1 Å². The number of hydrogen-bond donors (Lipinski definition) is 3. The number of halogens is 1. The molecule has 0 heterocycles. The molecule has 1 fully saturated rings. The third kappa shape index (κ3) is 4.21. The van der Waals surface area contributed by atoms with Crippen molar-refractivity contribution in [1.29, 1.82) is 0 Å². The van der Waals surface area contributed by atoms with Gasteiger partial charge < -0.3 is 5.11 Å². The van der Waals surface area contributed by atoms with Gasteiger partial charge in [0, 0.05) is 11.4 Å². The van der Waals surface area contributed by atoms with Gasteiger partial charge in [-0.2, -0.15) is 0 Å². The second kappa shape index (κ2) is 7.11. The van der Waals surface area contributed by atoms with E-state index < -0.39 is 11.4 Å². The molecule has 0 unspecified atom stereocenters. The molecule has 120 valence electrons. The minimum atomic E-state index is -0.721. The number of amidine groups is 1. The molecule has 0 saturated heterocycles. The van der Waals surface area contributed by atoms with Gasteiger partial charge in [0.15, 0.2) is 0 Å². The lowest BCUT2D eigenvalue weighted by molar-refractivity contribution is -0.150. The van der Waals surface area contributed by atoms with Gasteiger partial charge in [-0.15, -0.1) is 0 Å². The fraction of sp³-hybridized carbons (Fsp3) is 0.500. The average Bonchev–Trinajstić information content (AvgIpc) is 2.51. The van der Waals surface area contributed by atoms with Gasteiger partial charge in [-0.1, -0.05) is 11.6 Å². The molecule has 0 radical (unpaired) electrons. The lowest BCUT2D eigenvalue weighted by Gasteiger charge is -2.33. The second-order valence-corrected chi connectivity index (χ2v) is 6.60. The quantitative estimate of drug-likeness (QED) is 0.444. The molecule has 22 heavy (non-hydrogen) atoms. The van der Waals surface area contributed by atoms with Crippen LogP contribution >= 0.6 is 11.6 Å². The van der Waals surface area contributed by atoms with E-state index in [1.807, 2.05) is 0 Å². The summed E-state index contributed by atoms with van der Waals surface area (Å²) in [6, 6.07) is 7.05. The third-order valence-electron chi connectivity index (χ3n) is 4.43. The molecule has 6 heteroatoms. The molecule has 1 aliphatic rings. The highest BCUT2D eigenvalue weighted by Crippen LogP contribution is 2.40. The Labute approximate surface area is 135 Å². The van der Waals surface area contributed by atoms with E-state index in [1.54, 1.807) is 31.2 Å². The minimum Gasteiger partial charge on any atom is -0.481 e. The van der Waals surface area contributed by atoms with Gasteiger partial charge >= 0.3 is 5.97 Å². The van der Waals surface area contributed by atoms with E-state index in [1.165, 1.54) is 0 Å². The number of carboxylic acid groups (broad SMARTS) is 1. The number of nitrogens with zero attached hydrogens (tertiary/aromatic N) is 1. The number of aliphatic carboxylic acids is 1. The van der Waals surface area contributed by atoms with Crippen LogP contribution in [0.4, 0.5) is 5.69 Å². The maximum atomic E-state index is 11.2. The summed E-state index contributed by atoms with van der Waals surface area (Å²) in [6.45, 7) is 1.80. The molecular weight excluding hydrogens is 304 g/mol. The number of aliphatic imine (C=N–C) groups is 1. The molecule has 2 rings (SSSR count). The summed E-state index contributed by atoms with van der Waals surface area (Å²) in [6.07, 6.45) is 3.57. The number of hydroxylamine groups is 1. The van der Waals surface area contributed by atoms with Gasteiger partial charge in [0.05, 0.1) is 11.1 Å². The standard InChI is InChI=1S/C16H21ClN2O3/c1-16(15(20)21)8-6-11(7-9-16)10-14(19-22)18-13-4-2-12(17)3-5-13/h2-5,11,22H,6-10H2,1H3,(H,18,19)(H,20,21). The van der Waals surface area contributed by atoms with Crippen molar-refractivity contribution < 1.29 is 15.1 Å². The van der Waals surface area contributed by atoms with E-state index in [-0.39, 0.29) is 0 Å². The molecule has 1 aliphatic carbocycles. The predicted molar refractivity (Wildman–Crippen MR) is 85.8 cm³/mol. The SMILES string of the molecule is CC1(C(=O)O)CCC(CC(=Nc2ccc(Cl)cc2)NO)CC1. The van der Waals surface area contributed by atoms with Gasteiger partial charge in [0.2, 0.25) is 0 Å². The van der Waals surface area contributed by atoms with Gasteiger partial charge in [-0.3, -0.25) is 15.5 Å². The van der Waals surface area contributed by atoms with Crippen LogP contribution in [0.3, 0.4) is 0 Å². The highest BCUT2D eigenvalue weighted by atomic mass is 35.5.